The third-order valence-electron chi connectivity index (χ3n) is 3.24. The molecule has 0 aromatic heterocycles. The average molecular weight is 270 g/mol. The van der Waals surface area contributed by atoms with Gasteiger partial charge in [-0.1, -0.05) is 29.8 Å². The Labute approximate surface area is 119 Å². The van der Waals surface area contributed by atoms with E-state index in [4.69, 9.17) is 0 Å². The van der Waals surface area contributed by atoms with Crippen LogP contribution in [0.1, 0.15) is 32.6 Å². The third kappa shape index (κ3) is 3.48. The van der Waals surface area contributed by atoms with E-state index in [1.807, 2.05) is 36.0 Å². The lowest BCUT2D eigenvalue weighted by molar-refractivity contribution is 0.112. The number of rotatable bonds is 4. The fourth-order valence-electron chi connectivity index (χ4n) is 2.24. The van der Waals surface area contributed by atoms with Crippen LogP contribution in [0.2, 0.25) is 0 Å². The monoisotopic (exact) mass is 270 g/mol. The lowest BCUT2D eigenvalue weighted by Crippen LogP contribution is -1.93. The first-order valence-corrected chi connectivity index (χ1v) is 7.33. The van der Waals surface area contributed by atoms with E-state index in [0.717, 1.165) is 17.6 Å². The van der Waals surface area contributed by atoms with Gasteiger partial charge in [-0.3, -0.25) is 4.79 Å². The standard InChI is InChI=1S/C17H18OS/c1-12-8-13(2)17(14(3)9-12)11-19-16-6-4-15(10-18)5-7-16/h4-10H,11H2,1-3H3. The van der Waals surface area contributed by atoms with Crippen LogP contribution >= 0.6 is 11.8 Å². The summed E-state index contributed by atoms with van der Waals surface area (Å²) in [4.78, 5) is 11.8. The molecular weight excluding hydrogens is 252 g/mol. The van der Waals surface area contributed by atoms with Gasteiger partial charge in [0.25, 0.3) is 0 Å². The van der Waals surface area contributed by atoms with Crippen LogP contribution < -0.4 is 0 Å². The van der Waals surface area contributed by atoms with E-state index in [1.165, 1.54) is 27.1 Å². The zero-order chi connectivity index (χ0) is 13.8. The van der Waals surface area contributed by atoms with Crippen molar-refractivity contribution in [1.29, 1.82) is 0 Å². The van der Waals surface area contributed by atoms with Crippen LogP contribution in [0.5, 0.6) is 0 Å². The van der Waals surface area contributed by atoms with Gasteiger partial charge in [0.2, 0.25) is 0 Å². The average Bonchev–Trinajstić information content (AvgIpc) is 2.38. The topological polar surface area (TPSA) is 17.1 Å². The molecule has 0 bridgehead atoms. The molecule has 0 amide bonds. The Hall–Kier alpha value is -1.54. The molecule has 2 rings (SSSR count). The van der Waals surface area contributed by atoms with Gasteiger partial charge in [0.15, 0.2) is 0 Å². The molecule has 2 aromatic rings. The third-order valence-corrected chi connectivity index (χ3v) is 4.28. The zero-order valence-electron chi connectivity index (χ0n) is 11.6. The van der Waals surface area contributed by atoms with E-state index in [1.54, 1.807) is 0 Å². The first-order chi connectivity index (χ1) is 9.10. The molecule has 2 heteroatoms. The van der Waals surface area contributed by atoms with Gasteiger partial charge in [0, 0.05) is 16.2 Å². The van der Waals surface area contributed by atoms with E-state index in [9.17, 15) is 4.79 Å². The summed E-state index contributed by atoms with van der Waals surface area (Å²) in [7, 11) is 0. The second-order valence-corrected chi connectivity index (χ2v) is 5.90. The van der Waals surface area contributed by atoms with Crippen molar-refractivity contribution < 1.29 is 4.79 Å². The molecule has 0 aliphatic heterocycles. The van der Waals surface area contributed by atoms with Crippen molar-refractivity contribution in [2.24, 2.45) is 0 Å². The Morgan fingerprint density at radius 3 is 2.11 bits per heavy atom. The summed E-state index contributed by atoms with van der Waals surface area (Å²) in [5.74, 6) is 0.971. The molecule has 0 unspecified atom stereocenters. The number of aldehydes is 1. The van der Waals surface area contributed by atoms with Gasteiger partial charge < -0.3 is 0 Å². The molecule has 0 radical (unpaired) electrons. The number of hydrogen-bond acceptors (Lipinski definition) is 2. The van der Waals surface area contributed by atoms with Gasteiger partial charge in [-0.2, -0.15) is 0 Å². The minimum atomic E-state index is 0.729. The van der Waals surface area contributed by atoms with Crippen LogP contribution in [-0.4, -0.2) is 6.29 Å². The maximum atomic E-state index is 10.6. The molecule has 0 aliphatic rings. The Morgan fingerprint density at radius 2 is 1.58 bits per heavy atom. The number of hydrogen-bond donors (Lipinski definition) is 0. The molecule has 19 heavy (non-hydrogen) atoms. The smallest absolute Gasteiger partial charge is 0.150 e. The molecule has 0 N–H and O–H groups in total. The van der Waals surface area contributed by atoms with Gasteiger partial charge in [-0.25, -0.2) is 0 Å². The van der Waals surface area contributed by atoms with E-state index in [-0.39, 0.29) is 0 Å². The summed E-state index contributed by atoms with van der Waals surface area (Å²) >= 11 is 1.81. The summed E-state index contributed by atoms with van der Waals surface area (Å²) < 4.78 is 0. The highest BCUT2D eigenvalue weighted by Gasteiger charge is 2.04. The first kappa shape index (κ1) is 13.9. The zero-order valence-corrected chi connectivity index (χ0v) is 12.4. The Bertz CT molecular complexity index is 562. The minimum Gasteiger partial charge on any atom is -0.298 e. The molecule has 0 fully saturated rings. The highest BCUT2D eigenvalue weighted by atomic mass is 32.2. The van der Waals surface area contributed by atoms with Crippen molar-refractivity contribution in [3.05, 3.63) is 64.2 Å². The van der Waals surface area contributed by atoms with Crippen molar-refractivity contribution in [2.45, 2.75) is 31.4 Å². The Balaban J connectivity index is 2.12. The molecule has 0 saturated carbocycles. The van der Waals surface area contributed by atoms with Crippen LogP contribution in [0.4, 0.5) is 0 Å². The Morgan fingerprint density at radius 1 is 1.00 bits per heavy atom. The van der Waals surface area contributed by atoms with E-state index >= 15 is 0 Å². The summed E-state index contributed by atoms with van der Waals surface area (Å²) in [6.45, 7) is 6.48. The van der Waals surface area contributed by atoms with Crippen LogP contribution in [0.3, 0.4) is 0 Å². The number of benzene rings is 2. The van der Waals surface area contributed by atoms with Crippen molar-refractivity contribution >= 4 is 18.0 Å². The van der Waals surface area contributed by atoms with Crippen LogP contribution in [0.15, 0.2) is 41.3 Å². The van der Waals surface area contributed by atoms with E-state index in [0.29, 0.717) is 0 Å². The molecule has 98 valence electrons. The van der Waals surface area contributed by atoms with Gasteiger partial charge in [-0.05, 0) is 49.6 Å². The van der Waals surface area contributed by atoms with Crippen LogP contribution in [-0.2, 0) is 5.75 Å². The predicted octanol–water partition coefficient (Wildman–Crippen LogP) is 4.72. The molecule has 0 atom stereocenters. The minimum absolute atomic E-state index is 0.729. The molecule has 0 heterocycles. The number of thioether (sulfide) groups is 1. The van der Waals surface area contributed by atoms with E-state index < -0.39 is 0 Å². The van der Waals surface area contributed by atoms with Crippen molar-refractivity contribution in [3.8, 4) is 0 Å². The molecule has 0 aliphatic carbocycles. The molecule has 1 nitrogen and oxygen atoms in total. The fraction of sp³-hybridized carbons (Fsp3) is 0.235. The second kappa shape index (κ2) is 6.07. The first-order valence-electron chi connectivity index (χ1n) is 6.35. The van der Waals surface area contributed by atoms with Crippen molar-refractivity contribution in [1.82, 2.24) is 0 Å². The van der Waals surface area contributed by atoms with E-state index in [2.05, 4.69) is 32.9 Å². The fourth-order valence-corrected chi connectivity index (χ4v) is 3.33. The summed E-state index contributed by atoms with van der Waals surface area (Å²) in [5.41, 5.74) is 6.17. The molecule has 0 saturated heterocycles. The van der Waals surface area contributed by atoms with Crippen molar-refractivity contribution in [2.75, 3.05) is 0 Å². The normalized spacial score (nSPS) is 10.5. The maximum absolute atomic E-state index is 10.6. The van der Waals surface area contributed by atoms with Crippen molar-refractivity contribution in [3.63, 3.8) is 0 Å². The lowest BCUT2D eigenvalue weighted by Gasteiger charge is -2.11. The highest BCUT2D eigenvalue weighted by Crippen LogP contribution is 2.27. The highest BCUT2D eigenvalue weighted by molar-refractivity contribution is 7.98. The predicted molar refractivity (Wildman–Crippen MR) is 82.0 cm³/mol. The number of carbonyl (C=O) groups is 1. The second-order valence-electron chi connectivity index (χ2n) is 4.85. The van der Waals surface area contributed by atoms with Gasteiger partial charge >= 0.3 is 0 Å². The quantitative estimate of drug-likeness (QED) is 0.591. The SMILES string of the molecule is Cc1cc(C)c(CSc2ccc(C=O)cc2)c(C)c1. The Kier molecular flexibility index (Phi) is 4.43. The molecule has 0 spiro atoms. The van der Waals surface area contributed by atoms with Gasteiger partial charge in [-0.15, -0.1) is 11.8 Å². The van der Waals surface area contributed by atoms with Gasteiger partial charge in [0.1, 0.15) is 6.29 Å². The number of carbonyl (C=O) groups excluding carboxylic acids is 1. The number of aryl methyl sites for hydroxylation is 3. The van der Waals surface area contributed by atoms with Crippen LogP contribution in [0.25, 0.3) is 0 Å². The molecular formula is C17H18OS. The largest absolute Gasteiger partial charge is 0.298 e. The summed E-state index contributed by atoms with van der Waals surface area (Å²) in [6, 6.07) is 12.2. The maximum Gasteiger partial charge on any atom is 0.150 e. The molecule has 2 aromatic carbocycles. The van der Waals surface area contributed by atoms with Crippen LogP contribution in [0, 0.1) is 20.8 Å². The lowest BCUT2D eigenvalue weighted by atomic mass is 10.0. The van der Waals surface area contributed by atoms with Gasteiger partial charge in [0.05, 0.1) is 0 Å². The summed E-state index contributed by atoms with van der Waals surface area (Å²) in [6.07, 6.45) is 0.878. The summed E-state index contributed by atoms with van der Waals surface area (Å²) in [5, 5.41) is 0.